The molecule has 0 fully saturated rings. The van der Waals surface area contributed by atoms with Crippen molar-refractivity contribution in [2.45, 2.75) is 6.61 Å². The van der Waals surface area contributed by atoms with E-state index in [1.165, 1.54) is 0 Å². The molecule has 0 atom stereocenters. The Kier molecular flexibility index (Phi) is 3.42. The van der Waals surface area contributed by atoms with Gasteiger partial charge in [-0.15, -0.1) is 0 Å². The number of aliphatic hydroxyl groups is 1. The molecule has 20 heavy (non-hydrogen) atoms. The lowest BCUT2D eigenvalue weighted by Crippen LogP contribution is -2.19. The molecule has 0 saturated carbocycles. The van der Waals surface area contributed by atoms with E-state index in [0.717, 1.165) is 9.86 Å². The van der Waals surface area contributed by atoms with Crippen LogP contribution in [0.4, 0.5) is 0 Å². The van der Waals surface area contributed by atoms with Gasteiger partial charge in [-0.25, -0.2) is 0 Å². The van der Waals surface area contributed by atoms with E-state index in [1.807, 2.05) is 48.5 Å². The maximum Gasteiger partial charge on any atom is 0.262 e. The third-order valence-corrected chi connectivity index (χ3v) is 4.07. The second kappa shape index (κ2) is 5.23. The Morgan fingerprint density at radius 2 is 1.85 bits per heavy atom. The lowest BCUT2D eigenvalue weighted by Gasteiger charge is -2.12. The van der Waals surface area contributed by atoms with Gasteiger partial charge in [0.15, 0.2) is 0 Å². The molecule has 2 aromatic carbocycles. The zero-order chi connectivity index (χ0) is 14.1. The maximum atomic E-state index is 12.6. The third kappa shape index (κ3) is 2.07. The monoisotopic (exact) mass is 329 g/mol. The Morgan fingerprint density at radius 3 is 2.65 bits per heavy atom. The van der Waals surface area contributed by atoms with Gasteiger partial charge in [-0.3, -0.25) is 9.36 Å². The fourth-order valence-corrected chi connectivity index (χ4v) is 2.79. The van der Waals surface area contributed by atoms with Crippen LogP contribution in [-0.2, 0) is 6.61 Å². The number of halogens is 1. The molecule has 1 N–H and O–H groups in total. The standard InChI is InChI=1S/C16H12BrNO2/c17-14-6-3-7-15(13(14)10-19)18-9-8-11-4-1-2-5-12(11)16(18)20/h1-9,19H,10H2. The summed E-state index contributed by atoms with van der Waals surface area (Å²) in [7, 11) is 0. The fourth-order valence-electron chi connectivity index (χ4n) is 2.31. The van der Waals surface area contributed by atoms with Gasteiger partial charge in [0.2, 0.25) is 0 Å². The van der Waals surface area contributed by atoms with Gasteiger partial charge in [-0.1, -0.05) is 40.2 Å². The van der Waals surface area contributed by atoms with Gasteiger partial charge in [0.1, 0.15) is 0 Å². The lowest BCUT2D eigenvalue weighted by atomic mass is 10.1. The van der Waals surface area contributed by atoms with Crippen LogP contribution in [0, 0.1) is 0 Å². The molecular formula is C16H12BrNO2. The number of aliphatic hydroxyl groups excluding tert-OH is 1. The molecule has 3 rings (SSSR count). The normalized spacial score (nSPS) is 10.9. The van der Waals surface area contributed by atoms with E-state index < -0.39 is 0 Å². The smallest absolute Gasteiger partial charge is 0.262 e. The molecular weight excluding hydrogens is 318 g/mol. The minimum absolute atomic E-state index is 0.0871. The van der Waals surface area contributed by atoms with Crippen LogP contribution in [-0.4, -0.2) is 9.67 Å². The molecule has 0 spiro atoms. The number of pyridine rings is 1. The zero-order valence-corrected chi connectivity index (χ0v) is 12.2. The predicted molar refractivity (Wildman–Crippen MR) is 83.2 cm³/mol. The molecule has 0 saturated heterocycles. The molecule has 1 heterocycles. The average Bonchev–Trinajstić information content (AvgIpc) is 2.48. The molecule has 100 valence electrons. The van der Waals surface area contributed by atoms with Crippen molar-refractivity contribution >= 4 is 26.7 Å². The summed E-state index contributed by atoms with van der Waals surface area (Å²) in [6.45, 7) is -0.129. The molecule has 4 heteroatoms. The molecule has 1 aromatic heterocycles. The van der Waals surface area contributed by atoms with E-state index in [2.05, 4.69) is 15.9 Å². The minimum Gasteiger partial charge on any atom is -0.392 e. The van der Waals surface area contributed by atoms with Gasteiger partial charge < -0.3 is 5.11 Å². The van der Waals surface area contributed by atoms with Crippen LogP contribution in [0.25, 0.3) is 16.5 Å². The topological polar surface area (TPSA) is 42.2 Å². The number of benzene rings is 2. The zero-order valence-electron chi connectivity index (χ0n) is 10.6. The van der Waals surface area contributed by atoms with Crippen LogP contribution in [0.3, 0.4) is 0 Å². The highest BCUT2D eigenvalue weighted by molar-refractivity contribution is 9.10. The molecule has 0 amide bonds. The third-order valence-electron chi connectivity index (χ3n) is 3.32. The van der Waals surface area contributed by atoms with E-state index >= 15 is 0 Å². The Bertz CT molecular complexity index is 839. The lowest BCUT2D eigenvalue weighted by molar-refractivity contribution is 0.280. The summed E-state index contributed by atoms with van der Waals surface area (Å²) >= 11 is 3.40. The summed E-state index contributed by atoms with van der Waals surface area (Å²) in [6, 6.07) is 14.9. The van der Waals surface area contributed by atoms with Crippen molar-refractivity contribution in [2.75, 3.05) is 0 Å². The van der Waals surface area contributed by atoms with Gasteiger partial charge in [0.25, 0.3) is 5.56 Å². The SMILES string of the molecule is O=c1c2ccccc2ccn1-c1cccc(Br)c1CO. The van der Waals surface area contributed by atoms with Gasteiger partial charge >= 0.3 is 0 Å². The first-order valence-corrected chi connectivity index (χ1v) is 7.00. The van der Waals surface area contributed by atoms with Crippen LogP contribution < -0.4 is 5.56 Å². The van der Waals surface area contributed by atoms with E-state index in [1.54, 1.807) is 10.8 Å². The highest BCUT2D eigenvalue weighted by atomic mass is 79.9. The summed E-state index contributed by atoms with van der Waals surface area (Å²) in [5, 5.41) is 11.1. The molecule has 0 radical (unpaired) electrons. The van der Waals surface area contributed by atoms with Crippen molar-refractivity contribution in [3.63, 3.8) is 0 Å². The van der Waals surface area contributed by atoms with E-state index in [9.17, 15) is 9.90 Å². The van der Waals surface area contributed by atoms with Crippen LogP contribution in [0.1, 0.15) is 5.56 Å². The molecule has 3 aromatic rings. The van der Waals surface area contributed by atoms with E-state index in [4.69, 9.17) is 0 Å². The summed E-state index contributed by atoms with van der Waals surface area (Å²) in [5.74, 6) is 0. The summed E-state index contributed by atoms with van der Waals surface area (Å²) in [5.41, 5.74) is 1.30. The minimum atomic E-state index is -0.129. The second-order valence-electron chi connectivity index (χ2n) is 4.47. The molecule has 0 aliphatic rings. The molecule has 0 unspecified atom stereocenters. The highest BCUT2D eigenvalue weighted by Gasteiger charge is 2.10. The summed E-state index contributed by atoms with van der Waals surface area (Å²) in [6.07, 6.45) is 1.74. The van der Waals surface area contributed by atoms with Crippen LogP contribution in [0.2, 0.25) is 0 Å². The van der Waals surface area contributed by atoms with Gasteiger partial charge in [-0.05, 0) is 29.7 Å². The van der Waals surface area contributed by atoms with Gasteiger partial charge in [0, 0.05) is 21.6 Å². The van der Waals surface area contributed by atoms with Crippen molar-refractivity contribution < 1.29 is 5.11 Å². The number of hydrogen-bond acceptors (Lipinski definition) is 2. The largest absolute Gasteiger partial charge is 0.392 e. The van der Waals surface area contributed by atoms with E-state index in [-0.39, 0.29) is 12.2 Å². The average molecular weight is 330 g/mol. The first kappa shape index (κ1) is 13.1. The number of aromatic nitrogens is 1. The van der Waals surface area contributed by atoms with Crippen LogP contribution in [0.5, 0.6) is 0 Å². The maximum absolute atomic E-state index is 12.6. The van der Waals surface area contributed by atoms with Crippen molar-refractivity contribution in [1.29, 1.82) is 0 Å². The Labute approximate surface area is 124 Å². The number of nitrogens with zero attached hydrogens (tertiary/aromatic N) is 1. The second-order valence-corrected chi connectivity index (χ2v) is 5.33. The van der Waals surface area contributed by atoms with Crippen LogP contribution >= 0.6 is 15.9 Å². The summed E-state index contributed by atoms with van der Waals surface area (Å²) < 4.78 is 2.36. The van der Waals surface area contributed by atoms with Crippen molar-refractivity contribution in [2.24, 2.45) is 0 Å². The summed E-state index contributed by atoms with van der Waals surface area (Å²) in [4.78, 5) is 12.6. The van der Waals surface area contributed by atoms with Crippen molar-refractivity contribution in [1.82, 2.24) is 4.57 Å². The first-order chi connectivity index (χ1) is 9.72. The Balaban J connectivity index is 2.34. The molecule has 0 bridgehead atoms. The molecule has 0 aliphatic heterocycles. The Morgan fingerprint density at radius 1 is 1.05 bits per heavy atom. The number of rotatable bonds is 2. The first-order valence-electron chi connectivity index (χ1n) is 6.21. The van der Waals surface area contributed by atoms with Crippen molar-refractivity contribution in [3.05, 3.63) is 75.1 Å². The van der Waals surface area contributed by atoms with Crippen molar-refractivity contribution in [3.8, 4) is 5.69 Å². The van der Waals surface area contributed by atoms with Gasteiger partial charge in [0.05, 0.1) is 12.3 Å². The quantitative estimate of drug-likeness (QED) is 0.784. The van der Waals surface area contributed by atoms with Crippen LogP contribution in [0.15, 0.2) is 64.0 Å². The Hall–Kier alpha value is -1.91. The highest BCUT2D eigenvalue weighted by Crippen LogP contribution is 2.23. The number of hydrogen-bond donors (Lipinski definition) is 1. The van der Waals surface area contributed by atoms with Gasteiger partial charge in [-0.2, -0.15) is 0 Å². The molecule has 3 nitrogen and oxygen atoms in total. The fraction of sp³-hybridized carbons (Fsp3) is 0.0625. The number of fused-ring (bicyclic) bond motifs is 1. The molecule has 0 aliphatic carbocycles. The van der Waals surface area contributed by atoms with E-state index in [0.29, 0.717) is 16.6 Å². The predicted octanol–water partition coefficient (Wildman–Crippen LogP) is 3.25.